The molecule has 0 fully saturated rings. The third kappa shape index (κ3) is 5.46. The van der Waals surface area contributed by atoms with Gasteiger partial charge in [-0.25, -0.2) is 4.79 Å². The molecule has 2 unspecified atom stereocenters. The van der Waals surface area contributed by atoms with Crippen LogP contribution in [0.3, 0.4) is 0 Å². The second-order valence-corrected chi connectivity index (χ2v) is 5.56. The zero-order valence-corrected chi connectivity index (χ0v) is 12.0. The second-order valence-electron chi connectivity index (χ2n) is 5.56. The van der Waals surface area contributed by atoms with E-state index in [1.165, 1.54) is 0 Å². The Labute approximate surface area is 118 Å². The lowest BCUT2D eigenvalue weighted by Crippen LogP contribution is -2.38. The number of nitrogens with two attached hydrogens (primary N) is 1. The van der Waals surface area contributed by atoms with Gasteiger partial charge < -0.3 is 26.0 Å². The van der Waals surface area contributed by atoms with Crippen molar-refractivity contribution in [2.45, 2.75) is 38.6 Å². The van der Waals surface area contributed by atoms with Crippen LogP contribution in [0.1, 0.15) is 32.4 Å². The number of carbonyl (C=O) groups is 1. The maximum atomic E-state index is 11.4. The number of anilines is 1. The van der Waals surface area contributed by atoms with E-state index in [1.54, 1.807) is 45.0 Å². The van der Waals surface area contributed by atoms with Crippen LogP contribution in [-0.4, -0.2) is 34.6 Å². The van der Waals surface area contributed by atoms with Crippen LogP contribution in [0, 0.1) is 0 Å². The third-order valence-electron chi connectivity index (χ3n) is 2.50. The van der Waals surface area contributed by atoms with E-state index in [2.05, 4.69) is 5.32 Å². The zero-order chi connectivity index (χ0) is 15.3. The van der Waals surface area contributed by atoms with Crippen LogP contribution in [0.5, 0.6) is 0 Å². The Morgan fingerprint density at radius 1 is 1.30 bits per heavy atom. The largest absolute Gasteiger partial charge is 0.444 e. The van der Waals surface area contributed by atoms with Crippen molar-refractivity contribution in [1.29, 1.82) is 0 Å². The summed E-state index contributed by atoms with van der Waals surface area (Å²) in [6, 6.07) is 6.51. The van der Waals surface area contributed by atoms with E-state index in [1.807, 2.05) is 0 Å². The molecule has 2 atom stereocenters. The molecule has 0 bridgehead atoms. The van der Waals surface area contributed by atoms with Gasteiger partial charge >= 0.3 is 6.09 Å². The molecule has 6 nitrogen and oxygen atoms in total. The number of ether oxygens (including phenoxy) is 1. The molecule has 1 aromatic rings. The molecular weight excluding hydrogens is 260 g/mol. The smallest absolute Gasteiger partial charge is 0.407 e. The number of aliphatic hydroxyl groups is 2. The minimum atomic E-state index is -1.13. The molecule has 6 heteroatoms. The van der Waals surface area contributed by atoms with Crippen LogP contribution in [0.15, 0.2) is 24.3 Å². The van der Waals surface area contributed by atoms with Crippen LogP contribution in [0.4, 0.5) is 10.5 Å². The van der Waals surface area contributed by atoms with E-state index >= 15 is 0 Å². The molecule has 5 N–H and O–H groups in total. The van der Waals surface area contributed by atoms with Gasteiger partial charge in [0.2, 0.25) is 0 Å². The molecule has 20 heavy (non-hydrogen) atoms. The number of carbonyl (C=O) groups excluding carboxylic acids is 1. The molecule has 1 rings (SSSR count). The summed E-state index contributed by atoms with van der Waals surface area (Å²) in [5.41, 5.74) is 6.03. The van der Waals surface area contributed by atoms with Crippen LogP contribution in [-0.2, 0) is 4.74 Å². The Kier molecular flexibility index (Phi) is 5.35. The first kappa shape index (κ1) is 16.3. The minimum absolute atomic E-state index is 0.111. The fraction of sp³-hybridized carbons (Fsp3) is 0.500. The highest BCUT2D eigenvalue weighted by molar-refractivity contribution is 5.67. The van der Waals surface area contributed by atoms with Gasteiger partial charge in [-0.3, -0.25) is 0 Å². The number of hydrogen-bond acceptors (Lipinski definition) is 5. The van der Waals surface area contributed by atoms with Gasteiger partial charge in [0.05, 0.1) is 0 Å². The Bertz CT molecular complexity index is 439. The first-order valence-electron chi connectivity index (χ1n) is 6.37. The van der Waals surface area contributed by atoms with E-state index in [0.717, 1.165) is 0 Å². The molecule has 0 saturated heterocycles. The Morgan fingerprint density at radius 2 is 1.85 bits per heavy atom. The molecule has 0 saturated carbocycles. The van der Waals surface area contributed by atoms with Crippen molar-refractivity contribution >= 4 is 11.8 Å². The highest BCUT2D eigenvalue weighted by atomic mass is 16.6. The summed E-state index contributed by atoms with van der Waals surface area (Å²) in [5, 5.41) is 22.2. The summed E-state index contributed by atoms with van der Waals surface area (Å²) in [7, 11) is 0. The Hall–Kier alpha value is -1.79. The first-order chi connectivity index (χ1) is 9.19. The Balaban J connectivity index is 2.48. The van der Waals surface area contributed by atoms with Gasteiger partial charge in [-0.2, -0.15) is 0 Å². The second kappa shape index (κ2) is 6.58. The molecule has 0 heterocycles. The number of rotatable bonds is 4. The van der Waals surface area contributed by atoms with Gasteiger partial charge in [0.15, 0.2) is 0 Å². The summed E-state index contributed by atoms with van der Waals surface area (Å²) in [5.74, 6) is 0. The van der Waals surface area contributed by atoms with Crippen molar-refractivity contribution in [2.75, 3.05) is 12.3 Å². The predicted octanol–water partition coefficient (Wildman–Crippen LogP) is 1.19. The van der Waals surface area contributed by atoms with E-state index < -0.39 is 23.9 Å². The van der Waals surface area contributed by atoms with Gasteiger partial charge in [0, 0.05) is 12.2 Å². The van der Waals surface area contributed by atoms with Crippen molar-refractivity contribution < 1.29 is 19.7 Å². The SMILES string of the molecule is CC(C)(C)OC(=O)NCC(O)C(O)c1ccc(N)cc1. The van der Waals surface area contributed by atoms with Crippen LogP contribution < -0.4 is 11.1 Å². The average Bonchev–Trinajstić information content (AvgIpc) is 2.34. The van der Waals surface area contributed by atoms with Gasteiger partial charge in [-0.15, -0.1) is 0 Å². The van der Waals surface area contributed by atoms with Gasteiger partial charge in [-0.05, 0) is 38.5 Å². The summed E-state index contributed by atoms with van der Waals surface area (Å²) in [4.78, 5) is 11.4. The lowest BCUT2D eigenvalue weighted by atomic mass is 10.0. The van der Waals surface area contributed by atoms with Gasteiger partial charge in [0.25, 0.3) is 0 Å². The van der Waals surface area contributed by atoms with Gasteiger partial charge in [0.1, 0.15) is 17.8 Å². The quantitative estimate of drug-likeness (QED) is 0.621. The highest BCUT2D eigenvalue weighted by Crippen LogP contribution is 2.18. The average molecular weight is 282 g/mol. The molecule has 1 aromatic carbocycles. The number of benzene rings is 1. The molecule has 0 spiro atoms. The van der Waals surface area contributed by atoms with E-state index in [-0.39, 0.29) is 6.54 Å². The maximum absolute atomic E-state index is 11.4. The normalized spacial score (nSPS) is 14.4. The molecule has 0 aliphatic carbocycles. The van der Waals surface area contributed by atoms with Crippen LogP contribution in [0.2, 0.25) is 0 Å². The van der Waals surface area contributed by atoms with Crippen molar-refractivity contribution in [3.05, 3.63) is 29.8 Å². The number of alkyl carbamates (subject to hydrolysis) is 1. The predicted molar refractivity (Wildman–Crippen MR) is 76.1 cm³/mol. The van der Waals surface area contributed by atoms with Gasteiger partial charge in [-0.1, -0.05) is 12.1 Å². The molecule has 0 aliphatic rings. The van der Waals surface area contributed by atoms with E-state index in [0.29, 0.717) is 11.3 Å². The van der Waals surface area contributed by atoms with Crippen molar-refractivity contribution in [2.24, 2.45) is 0 Å². The highest BCUT2D eigenvalue weighted by Gasteiger charge is 2.21. The van der Waals surface area contributed by atoms with Crippen LogP contribution >= 0.6 is 0 Å². The van der Waals surface area contributed by atoms with Crippen molar-refractivity contribution in [3.8, 4) is 0 Å². The van der Waals surface area contributed by atoms with Crippen molar-refractivity contribution in [3.63, 3.8) is 0 Å². The number of aliphatic hydroxyl groups excluding tert-OH is 2. The standard InChI is InChI=1S/C14H22N2O4/c1-14(2,3)20-13(19)16-8-11(17)12(18)9-4-6-10(15)7-5-9/h4-7,11-12,17-18H,8,15H2,1-3H3,(H,16,19). The topological polar surface area (TPSA) is 105 Å². The monoisotopic (exact) mass is 282 g/mol. The number of hydrogen-bond donors (Lipinski definition) is 4. The van der Waals surface area contributed by atoms with Crippen molar-refractivity contribution in [1.82, 2.24) is 5.32 Å². The maximum Gasteiger partial charge on any atom is 0.407 e. The van der Waals surface area contributed by atoms with Crippen LogP contribution in [0.25, 0.3) is 0 Å². The molecule has 1 amide bonds. The number of amides is 1. The summed E-state index contributed by atoms with van der Waals surface area (Å²) < 4.78 is 5.03. The first-order valence-corrected chi connectivity index (χ1v) is 6.37. The minimum Gasteiger partial charge on any atom is -0.444 e. The number of nitrogen functional groups attached to an aromatic ring is 1. The fourth-order valence-corrected chi connectivity index (χ4v) is 1.53. The molecule has 0 radical (unpaired) electrons. The third-order valence-corrected chi connectivity index (χ3v) is 2.50. The summed E-state index contributed by atoms with van der Waals surface area (Å²) in [6.07, 6.45) is -2.88. The molecular formula is C14H22N2O4. The zero-order valence-electron chi connectivity index (χ0n) is 12.0. The van der Waals surface area contributed by atoms with E-state index in [4.69, 9.17) is 10.5 Å². The summed E-state index contributed by atoms with van der Waals surface area (Å²) >= 11 is 0. The molecule has 112 valence electrons. The molecule has 0 aromatic heterocycles. The summed E-state index contributed by atoms with van der Waals surface area (Å²) in [6.45, 7) is 5.12. The molecule has 0 aliphatic heterocycles. The lowest BCUT2D eigenvalue weighted by molar-refractivity contribution is 0.0129. The van der Waals surface area contributed by atoms with E-state index in [9.17, 15) is 15.0 Å². The Morgan fingerprint density at radius 3 is 2.35 bits per heavy atom. The lowest BCUT2D eigenvalue weighted by Gasteiger charge is -2.22. The fourth-order valence-electron chi connectivity index (χ4n) is 1.53. The number of nitrogens with one attached hydrogen (secondary N) is 1.